The van der Waals surface area contributed by atoms with Crippen molar-refractivity contribution in [2.24, 2.45) is 0 Å². The summed E-state index contributed by atoms with van der Waals surface area (Å²) in [5, 5.41) is 1.17. The Balaban J connectivity index is 1.67. The Morgan fingerprint density at radius 1 is 1.00 bits per heavy atom. The highest BCUT2D eigenvalue weighted by molar-refractivity contribution is 7.18. The van der Waals surface area contributed by atoms with E-state index in [-0.39, 0.29) is 5.91 Å². The van der Waals surface area contributed by atoms with Crippen molar-refractivity contribution in [1.29, 1.82) is 0 Å². The molecule has 0 aliphatic carbocycles. The molecule has 3 nitrogen and oxygen atoms in total. The molecule has 0 atom stereocenters. The number of amides is 1. The van der Waals surface area contributed by atoms with Gasteiger partial charge in [-0.25, -0.2) is 0 Å². The summed E-state index contributed by atoms with van der Waals surface area (Å²) in [5.41, 5.74) is 1.01. The van der Waals surface area contributed by atoms with Gasteiger partial charge < -0.3 is 9.80 Å². The van der Waals surface area contributed by atoms with Gasteiger partial charge in [-0.2, -0.15) is 0 Å². The zero-order valence-corrected chi connectivity index (χ0v) is 14.6. The van der Waals surface area contributed by atoms with Crippen molar-refractivity contribution in [3.05, 3.63) is 49.6 Å². The monoisotopic (exact) mass is 374 g/mol. The summed E-state index contributed by atoms with van der Waals surface area (Å²) < 4.78 is 0.458. The van der Waals surface area contributed by atoms with Crippen LogP contribution in [0.15, 0.2) is 30.3 Å². The number of thiophene rings is 1. The van der Waals surface area contributed by atoms with Crippen LogP contribution in [0.5, 0.6) is 0 Å². The van der Waals surface area contributed by atoms with Crippen molar-refractivity contribution >= 4 is 57.7 Å². The van der Waals surface area contributed by atoms with Gasteiger partial charge in [0.1, 0.15) is 4.34 Å². The summed E-state index contributed by atoms with van der Waals surface area (Å²) in [6.45, 7) is 2.80. The third-order valence-electron chi connectivity index (χ3n) is 3.62. The summed E-state index contributed by atoms with van der Waals surface area (Å²) in [4.78, 5) is 17.1. The van der Waals surface area contributed by atoms with E-state index in [2.05, 4.69) is 4.90 Å². The fourth-order valence-electron chi connectivity index (χ4n) is 2.47. The Hall–Kier alpha value is -0.940. The Morgan fingerprint density at radius 3 is 2.27 bits per heavy atom. The molecule has 1 aliphatic heterocycles. The second-order valence-corrected chi connectivity index (χ2v) is 7.43. The van der Waals surface area contributed by atoms with Crippen LogP contribution in [0.4, 0.5) is 5.69 Å². The lowest BCUT2D eigenvalue weighted by atomic mass is 10.2. The number of hydrogen-bond acceptors (Lipinski definition) is 3. The number of piperazine rings is 1. The molecule has 116 valence electrons. The first-order valence-corrected chi connectivity index (χ1v) is 8.75. The molecule has 1 fully saturated rings. The van der Waals surface area contributed by atoms with Crippen molar-refractivity contribution in [2.45, 2.75) is 0 Å². The largest absolute Gasteiger partial charge is 0.367 e. The lowest BCUT2D eigenvalue weighted by Crippen LogP contribution is -2.48. The average Bonchev–Trinajstić information content (AvgIpc) is 2.87. The van der Waals surface area contributed by atoms with Gasteiger partial charge in [0.05, 0.1) is 20.6 Å². The average molecular weight is 376 g/mol. The van der Waals surface area contributed by atoms with E-state index in [1.165, 1.54) is 11.3 Å². The highest BCUT2D eigenvalue weighted by atomic mass is 35.5. The Morgan fingerprint density at radius 2 is 1.68 bits per heavy atom. The van der Waals surface area contributed by atoms with Gasteiger partial charge in [0.15, 0.2) is 0 Å². The van der Waals surface area contributed by atoms with Gasteiger partial charge in [-0.1, -0.05) is 46.9 Å². The topological polar surface area (TPSA) is 23.6 Å². The standard InChI is InChI=1S/C15H13Cl3N2OS/c16-10-3-1-2-4-12(10)19-5-7-20(8-6-19)15(21)13-9-11(17)14(18)22-13/h1-4,9H,5-8H2. The maximum absolute atomic E-state index is 12.4. The van der Waals surface area contributed by atoms with E-state index in [4.69, 9.17) is 34.8 Å². The maximum atomic E-state index is 12.4. The Kier molecular flexibility index (Phi) is 4.83. The normalized spacial score (nSPS) is 15.2. The van der Waals surface area contributed by atoms with Gasteiger partial charge in [0, 0.05) is 26.2 Å². The van der Waals surface area contributed by atoms with Crippen molar-refractivity contribution in [1.82, 2.24) is 4.90 Å². The lowest BCUT2D eigenvalue weighted by molar-refractivity contribution is 0.0751. The molecular formula is C15H13Cl3N2OS. The second kappa shape index (κ2) is 6.67. The van der Waals surface area contributed by atoms with E-state index in [0.717, 1.165) is 23.8 Å². The predicted octanol–water partition coefficient (Wildman–Crippen LogP) is 4.67. The zero-order valence-electron chi connectivity index (χ0n) is 11.6. The number of anilines is 1. The van der Waals surface area contributed by atoms with Crippen LogP contribution in [0.2, 0.25) is 14.4 Å². The first kappa shape index (κ1) is 15.9. The van der Waals surface area contributed by atoms with Crippen LogP contribution >= 0.6 is 46.1 Å². The highest BCUT2D eigenvalue weighted by Crippen LogP contribution is 2.32. The van der Waals surface area contributed by atoms with Gasteiger partial charge in [-0.15, -0.1) is 11.3 Å². The Bertz CT molecular complexity index is 676. The van der Waals surface area contributed by atoms with E-state index in [0.29, 0.717) is 27.3 Å². The third-order valence-corrected chi connectivity index (χ3v) is 5.79. The van der Waals surface area contributed by atoms with Crippen molar-refractivity contribution < 1.29 is 4.79 Å². The van der Waals surface area contributed by atoms with Gasteiger partial charge in [-0.05, 0) is 18.2 Å². The number of benzene rings is 1. The summed E-state index contributed by atoms with van der Waals surface area (Å²) >= 11 is 19.3. The molecule has 0 radical (unpaired) electrons. The molecule has 2 aromatic rings. The highest BCUT2D eigenvalue weighted by Gasteiger charge is 2.24. The number of para-hydroxylation sites is 1. The first-order valence-electron chi connectivity index (χ1n) is 6.80. The number of hydrogen-bond donors (Lipinski definition) is 0. The number of halogens is 3. The molecule has 0 N–H and O–H groups in total. The van der Waals surface area contributed by atoms with Crippen LogP contribution < -0.4 is 4.90 Å². The van der Waals surface area contributed by atoms with Gasteiger partial charge in [0.2, 0.25) is 0 Å². The quantitative estimate of drug-likeness (QED) is 0.761. The summed E-state index contributed by atoms with van der Waals surface area (Å²) in [5.74, 6) is -0.0161. The molecule has 0 spiro atoms. The second-order valence-electron chi connectivity index (χ2n) is 4.96. The van der Waals surface area contributed by atoms with Gasteiger partial charge in [0.25, 0.3) is 5.91 Å². The third kappa shape index (κ3) is 3.20. The molecule has 1 aliphatic rings. The first-order chi connectivity index (χ1) is 10.6. The molecular weight excluding hydrogens is 363 g/mol. The van der Waals surface area contributed by atoms with Crippen molar-refractivity contribution in [3.63, 3.8) is 0 Å². The number of carbonyl (C=O) groups excluding carboxylic acids is 1. The van der Waals surface area contributed by atoms with Crippen LogP contribution in [0, 0.1) is 0 Å². The number of carbonyl (C=O) groups is 1. The Labute approximate surface area is 148 Å². The molecule has 2 heterocycles. The van der Waals surface area contributed by atoms with E-state index in [1.54, 1.807) is 6.07 Å². The van der Waals surface area contributed by atoms with Crippen LogP contribution in [0.1, 0.15) is 9.67 Å². The number of rotatable bonds is 2. The molecule has 1 saturated heterocycles. The SMILES string of the molecule is O=C(c1cc(Cl)c(Cl)s1)N1CCN(c2ccccc2Cl)CC1. The van der Waals surface area contributed by atoms with E-state index < -0.39 is 0 Å². The van der Waals surface area contributed by atoms with Crippen LogP contribution in [0.3, 0.4) is 0 Å². The molecule has 1 amide bonds. The van der Waals surface area contributed by atoms with Crippen molar-refractivity contribution in [3.8, 4) is 0 Å². The molecule has 0 bridgehead atoms. The molecule has 7 heteroatoms. The maximum Gasteiger partial charge on any atom is 0.264 e. The molecule has 0 unspecified atom stereocenters. The predicted molar refractivity (Wildman–Crippen MR) is 93.9 cm³/mol. The molecule has 22 heavy (non-hydrogen) atoms. The van der Waals surface area contributed by atoms with Crippen molar-refractivity contribution in [2.75, 3.05) is 31.1 Å². The van der Waals surface area contributed by atoms with Gasteiger partial charge in [-0.3, -0.25) is 4.79 Å². The van der Waals surface area contributed by atoms with Gasteiger partial charge >= 0.3 is 0 Å². The fraction of sp³-hybridized carbons (Fsp3) is 0.267. The fourth-order valence-corrected chi connectivity index (χ4v) is 4.06. The smallest absolute Gasteiger partial charge is 0.264 e. The lowest BCUT2D eigenvalue weighted by Gasteiger charge is -2.36. The zero-order chi connectivity index (χ0) is 15.7. The summed E-state index contributed by atoms with van der Waals surface area (Å²) in [7, 11) is 0. The molecule has 1 aromatic heterocycles. The molecule has 3 rings (SSSR count). The van der Waals surface area contributed by atoms with Crippen LogP contribution in [0.25, 0.3) is 0 Å². The minimum absolute atomic E-state index is 0.0161. The van der Waals surface area contributed by atoms with E-state index >= 15 is 0 Å². The molecule has 0 saturated carbocycles. The minimum Gasteiger partial charge on any atom is -0.367 e. The van der Waals surface area contributed by atoms with E-state index in [1.807, 2.05) is 29.2 Å². The summed E-state index contributed by atoms with van der Waals surface area (Å²) in [6, 6.07) is 9.39. The summed E-state index contributed by atoms with van der Waals surface area (Å²) in [6.07, 6.45) is 0. The van der Waals surface area contributed by atoms with Crippen LogP contribution in [-0.4, -0.2) is 37.0 Å². The van der Waals surface area contributed by atoms with Crippen LogP contribution in [-0.2, 0) is 0 Å². The number of nitrogens with zero attached hydrogens (tertiary/aromatic N) is 2. The minimum atomic E-state index is -0.0161. The molecule has 1 aromatic carbocycles. The van der Waals surface area contributed by atoms with E-state index in [9.17, 15) is 4.79 Å².